The van der Waals surface area contributed by atoms with Crippen LogP contribution in [0, 0.1) is 11.8 Å². The van der Waals surface area contributed by atoms with Crippen molar-refractivity contribution in [2.75, 3.05) is 13.2 Å². The molecular weight excluding hydrogens is 865 g/mol. The van der Waals surface area contributed by atoms with Gasteiger partial charge in [-0.1, -0.05) is 324 Å². The van der Waals surface area contributed by atoms with Gasteiger partial charge in [-0.05, 0) is 31.1 Å². The Kier molecular flexibility index (Phi) is 55.4. The van der Waals surface area contributed by atoms with Gasteiger partial charge in [0, 0.05) is 19.3 Å². The summed E-state index contributed by atoms with van der Waals surface area (Å²) in [5, 5.41) is 0. The second kappa shape index (κ2) is 56.7. The van der Waals surface area contributed by atoms with Crippen LogP contribution in [0.5, 0.6) is 0 Å². The summed E-state index contributed by atoms with van der Waals surface area (Å²) in [7, 11) is 0. The van der Waals surface area contributed by atoms with E-state index in [0.29, 0.717) is 19.3 Å². The first-order chi connectivity index (χ1) is 34.3. The fourth-order valence-corrected chi connectivity index (χ4v) is 9.87. The van der Waals surface area contributed by atoms with Gasteiger partial charge in [0.05, 0.1) is 0 Å². The lowest BCUT2D eigenvalue weighted by molar-refractivity contribution is -0.167. The average Bonchev–Trinajstić information content (AvgIpc) is 3.36. The van der Waals surface area contributed by atoms with Gasteiger partial charge in [0.1, 0.15) is 13.2 Å². The van der Waals surface area contributed by atoms with Gasteiger partial charge in [0.2, 0.25) is 0 Å². The van der Waals surface area contributed by atoms with Crippen molar-refractivity contribution in [3.8, 4) is 0 Å². The number of esters is 3. The van der Waals surface area contributed by atoms with Crippen molar-refractivity contribution in [3.63, 3.8) is 0 Å². The zero-order valence-electron chi connectivity index (χ0n) is 48.2. The molecule has 0 fully saturated rings. The SMILES string of the molecule is CCCCCCCCCCCCCCC(=O)OC[C@H](COC(=O)CCCCCCCCCCCCCCCCC(C)CC)OC(=O)CCCCCCCCCCCCCCCCCCCCC(C)CC. The van der Waals surface area contributed by atoms with E-state index in [2.05, 4.69) is 34.6 Å². The zero-order valence-corrected chi connectivity index (χ0v) is 48.2. The Bertz CT molecular complexity index is 1080. The van der Waals surface area contributed by atoms with Gasteiger partial charge < -0.3 is 14.2 Å². The molecule has 0 aromatic rings. The summed E-state index contributed by atoms with van der Waals surface area (Å²) < 4.78 is 16.9. The van der Waals surface area contributed by atoms with Crippen LogP contribution in [0.3, 0.4) is 0 Å². The summed E-state index contributed by atoms with van der Waals surface area (Å²) in [5.74, 6) is 0.972. The van der Waals surface area contributed by atoms with Gasteiger partial charge in [0.25, 0.3) is 0 Å². The van der Waals surface area contributed by atoms with Crippen molar-refractivity contribution in [2.45, 2.75) is 368 Å². The second-order valence-electron chi connectivity index (χ2n) is 22.5. The van der Waals surface area contributed by atoms with Crippen molar-refractivity contribution >= 4 is 17.9 Å². The summed E-state index contributed by atoms with van der Waals surface area (Å²) in [4.78, 5) is 38.2. The van der Waals surface area contributed by atoms with Crippen molar-refractivity contribution < 1.29 is 28.6 Å². The van der Waals surface area contributed by atoms with Gasteiger partial charge in [-0.15, -0.1) is 0 Å². The molecule has 416 valence electrons. The number of unbranched alkanes of at least 4 members (excludes halogenated alkanes) is 41. The molecule has 6 heteroatoms. The van der Waals surface area contributed by atoms with E-state index in [1.165, 1.54) is 250 Å². The van der Waals surface area contributed by atoms with Crippen molar-refractivity contribution in [1.82, 2.24) is 0 Å². The maximum Gasteiger partial charge on any atom is 0.306 e. The molecule has 0 amide bonds. The Balaban J connectivity index is 4.24. The van der Waals surface area contributed by atoms with E-state index in [9.17, 15) is 14.4 Å². The number of hydrogen-bond donors (Lipinski definition) is 0. The number of carbonyl (C=O) groups is 3. The zero-order chi connectivity index (χ0) is 51.1. The Morgan fingerprint density at radius 1 is 0.286 bits per heavy atom. The maximum absolute atomic E-state index is 12.9. The minimum atomic E-state index is -0.763. The lowest BCUT2D eigenvalue weighted by Crippen LogP contribution is -2.30. The second-order valence-corrected chi connectivity index (χ2v) is 22.5. The molecule has 0 bridgehead atoms. The monoisotopic (exact) mass is 989 g/mol. The molecule has 0 radical (unpaired) electrons. The van der Waals surface area contributed by atoms with Crippen LogP contribution >= 0.6 is 0 Å². The summed E-state index contributed by atoms with van der Waals surface area (Å²) in [6, 6.07) is 0. The van der Waals surface area contributed by atoms with Gasteiger partial charge in [-0.2, -0.15) is 0 Å². The highest BCUT2D eigenvalue weighted by Crippen LogP contribution is 2.20. The smallest absolute Gasteiger partial charge is 0.306 e. The Labute approximate surface area is 438 Å². The first kappa shape index (κ1) is 68.4. The van der Waals surface area contributed by atoms with Gasteiger partial charge >= 0.3 is 17.9 Å². The number of rotatable bonds is 58. The van der Waals surface area contributed by atoms with Crippen LogP contribution in [-0.4, -0.2) is 37.2 Å². The molecule has 0 spiro atoms. The van der Waals surface area contributed by atoms with Crippen LogP contribution in [0.25, 0.3) is 0 Å². The molecule has 0 aliphatic carbocycles. The molecule has 70 heavy (non-hydrogen) atoms. The molecule has 3 atom stereocenters. The van der Waals surface area contributed by atoms with Crippen LogP contribution in [0.15, 0.2) is 0 Å². The standard InChI is InChI=1S/C64H124O6/c1-6-9-10-11-12-13-14-29-34-39-44-49-54-62(65)68-57-61(58-69-63(66)55-50-45-40-35-30-25-22-21-24-28-33-38-43-48-53-60(5)8-3)70-64(67)56-51-46-41-36-31-26-20-18-16-15-17-19-23-27-32-37-42-47-52-59(4)7-2/h59-61H,6-58H2,1-5H3/t59?,60?,61-/m1/s1. The van der Waals surface area contributed by atoms with E-state index in [0.717, 1.165) is 69.6 Å². The van der Waals surface area contributed by atoms with Crippen LogP contribution in [-0.2, 0) is 28.6 Å². The number of ether oxygens (including phenoxy) is 3. The Hall–Kier alpha value is -1.59. The lowest BCUT2D eigenvalue weighted by Gasteiger charge is -2.18. The molecule has 0 aliphatic heterocycles. The van der Waals surface area contributed by atoms with Gasteiger partial charge in [-0.3, -0.25) is 14.4 Å². The van der Waals surface area contributed by atoms with Crippen LogP contribution in [0.4, 0.5) is 0 Å². The van der Waals surface area contributed by atoms with Crippen molar-refractivity contribution in [3.05, 3.63) is 0 Å². The number of carbonyl (C=O) groups excluding carboxylic acids is 3. The normalized spacial score (nSPS) is 12.8. The molecule has 2 unspecified atom stereocenters. The molecule has 0 saturated heterocycles. The lowest BCUT2D eigenvalue weighted by atomic mass is 9.99. The summed E-state index contributed by atoms with van der Waals surface area (Å²) in [5.41, 5.74) is 0. The first-order valence-electron chi connectivity index (χ1n) is 31.8. The van der Waals surface area contributed by atoms with Gasteiger partial charge in [-0.25, -0.2) is 0 Å². The topological polar surface area (TPSA) is 78.9 Å². The highest BCUT2D eigenvalue weighted by atomic mass is 16.6. The summed E-state index contributed by atoms with van der Waals surface area (Å²) in [6.07, 6.45) is 62.3. The van der Waals surface area contributed by atoms with Gasteiger partial charge in [0.15, 0.2) is 6.10 Å². The first-order valence-corrected chi connectivity index (χ1v) is 31.8. The van der Waals surface area contributed by atoms with E-state index >= 15 is 0 Å². The predicted molar refractivity (Wildman–Crippen MR) is 303 cm³/mol. The van der Waals surface area contributed by atoms with Crippen LogP contribution in [0.1, 0.15) is 362 Å². The van der Waals surface area contributed by atoms with E-state index in [-0.39, 0.29) is 31.1 Å². The molecule has 0 saturated carbocycles. The highest BCUT2D eigenvalue weighted by molar-refractivity contribution is 5.71. The van der Waals surface area contributed by atoms with Crippen molar-refractivity contribution in [2.24, 2.45) is 11.8 Å². The molecule has 0 rings (SSSR count). The number of hydrogen-bond acceptors (Lipinski definition) is 6. The molecular formula is C64H124O6. The molecule has 0 aromatic heterocycles. The predicted octanol–water partition coefficient (Wildman–Crippen LogP) is 21.2. The van der Waals surface area contributed by atoms with E-state index < -0.39 is 6.10 Å². The molecule has 6 nitrogen and oxygen atoms in total. The summed E-state index contributed by atoms with van der Waals surface area (Å²) >= 11 is 0. The van der Waals surface area contributed by atoms with Crippen LogP contribution < -0.4 is 0 Å². The van der Waals surface area contributed by atoms with Crippen LogP contribution in [0.2, 0.25) is 0 Å². The minimum Gasteiger partial charge on any atom is -0.462 e. The Morgan fingerprint density at radius 3 is 0.743 bits per heavy atom. The largest absolute Gasteiger partial charge is 0.462 e. The van der Waals surface area contributed by atoms with E-state index in [1.54, 1.807) is 0 Å². The maximum atomic E-state index is 12.9. The molecule has 0 aliphatic rings. The molecule has 0 heterocycles. The third-order valence-corrected chi connectivity index (χ3v) is 15.4. The fourth-order valence-electron chi connectivity index (χ4n) is 9.87. The quantitative estimate of drug-likeness (QED) is 0.0343. The van der Waals surface area contributed by atoms with E-state index in [4.69, 9.17) is 14.2 Å². The Morgan fingerprint density at radius 2 is 0.500 bits per heavy atom. The molecule has 0 N–H and O–H groups in total. The molecule has 0 aromatic carbocycles. The minimum absolute atomic E-state index is 0.0620. The average molecular weight is 990 g/mol. The van der Waals surface area contributed by atoms with E-state index in [1.807, 2.05) is 0 Å². The third kappa shape index (κ3) is 54.2. The fraction of sp³-hybridized carbons (Fsp3) is 0.953. The highest BCUT2D eigenvalue weighted by Gasteiger charge is 2.19. The van der Waals surface area contributed by atoms with Crippen molar-refractivity contribution in [1.29, 1.82) is 0 Å². The third-order valence-electron chi connectivity index (χ3n) is 15.4. The summed E-state index contributed by atoms with van der Waals surface area (Å²) in [6.45, 7) is 11.5.